The molecule has 0 unspecified atom stereocenters. The molecule has 0 bridgehead atoms. The highest BCUT2D eigenvalue weighted by Gasteiger charge is 2.31. The van der Waals surface area contributed by atoms with Crippen molar-refractivity contribution < 1.29 is 13.2 Å². The minimum atomic E-state index is -3.99. The van der Waals surface area contributed by atoms with Gasteiger partial charge in [0.15, 0.2) is 0 Å². The van der Waals surface area contributed by atoms with Crippen LogP contribution in [0.1, 0.15) is 27.8 Å². The van der Waals surface area contributed by atoms with Crippen LogP contribution in [0.3, 0.4) is 0 Å². The van der Waals surface area contributed by atoms with Gasteiger partial charge in [0.1, 0.15) is 6.54 Å². The van der Waals surface area contributed by atoms with Crippen LogP contribution in [0, 0.1) is 40.0 Å². The lowest BCUT2D eigenvalue weighted by Crippen LogP contribution is -2.40. The van der Waals surface area contributed by atoms with Gasteiger partial charge in [-0.3, -0.25) is 9.10 Å². The lowest BCUT2D eigenvalue weighted by molar-refractivity contribution is -0.119. The van der Waals surface area contributed by atoms with Crippen LogP contribution in [-0.4, -0.2) is 27.9 Å². The Kier molecular flexibility index (Phi) is 5.97. The van der Waals surface area contributed by atoms with Crippen LogP contribution in [0.4, 0.5) is 5.69 Å². The average Bonchev–Trinajstić information content (AvgIpc) is 2.64. The zero-order valence-electron chi connectivity index (χ0n) is 16.3. The first-order chi connectivity index (χ1) is 12.6. The van der Waals surface area contributed by atoms with Gasteiger partial charge in [0.05, 0.1) is 10.6 Å². The summed E-state index contributed by atoms with van der Waals surface area (Å²) < 4.78 is 28.4. The molecule has 1 amide bonds. The van der Waals surface area contributed by atoms with Crippen molar-refractivity contribution in [3.05, 3.63) is 58.1 Å². The number of likely N-dealkylation sites (N-methyl/N-ethyl adjacent to an activating group) is 1. The molecule has 27 heavy (non-hydrogen) atoms. The molecule has 1 N–H and O–H groups in total. The number of rotatable bonds is 5. The Balaban J connectivity index is 2.76. The van der Waals surface area contributed by atoms with Crippen LogP contribution in [0.5, 0.6) is 0 Å². The summed E-state index contributed by atoms with van der Waals surface area (Å²) in [5.41, 5.74) is 4.01. The van der Waals surface area contributed by atoms with E-state index in [0.29, 0.717) is 22.4 Å². The molecule has 0 radical (unpaired) electrons. The normalized spacial score (nSPS) is 11.0. The van der Waals surface area contributed by atoms with Gasteiger partial charge in [0, 0.05) is 12.6 Å². The summed E-state index contributed by atoms with van der Waals surface area (Å²) in [6, 6.07) is 8.58. The second-order valence-electron chi connectivity index (χ2n) is 6.47. The first kappa shape index (κ1) is 20.5. The molecule has 0 aliphatic heterocycles. The Labute approximate surface area is 161 Å². The fourth-order valence-electron chi connectivity index (χ4n) is 2.95. The molecule has 0 saturated carbocycles. The highest BCUT2D eigenvalue weighted by Crippen LogP contribution is 2.31. The molecule has 0 spiro atoms. The fourth-order valence-corrected chi connectivity index (χ4v) is 4.95. The van der Waals surface area contributed by atoms with Crippen molar-refractivity contribution in [3.8, 4) is 12.3 Å². The summed E-state index contributed by atoms with van der Waals surface area (Å²) in [6.07, 6.45) is 5.46. The summed E-state index contributed by atoms with van der Waals surface area (Å²) in [5, 5.41) is 2.48. The molecular weight excluding hydrogens is 360 g/mol. The Morgan fingerprint density at radius 2 is 1.70 bits per heavy atom. The number of nitrogens with zero attached hydrogens (tertiary/aromatic N) is 1. The molecule has 0 heterocycles. The number of nitrogens with one attached hydrogen (secondary N) is 1. The van der Waals surface area contributed by atoms with Crippen molar-refractivity contribution in [2.24, 2.45) is 0 Å². The number of terminal acetylenes is 1. The molecule has 0 aliphatic rings. The van der Waals surface area contributed by atoms with Gasteiger partial charge in [-0.15, -0.1) is 6.42 Å². The maximum Gasteiger partial charge on any atom is 0.265 e. The van der Waals surface area contributed by atoms with Crippen LogP contribution >= 0.6 is 0 Å². The number of carbonyl (C=O) groups excluding carboxylic acids is 1. The van der Waals surface area contributed by atoms with Gasteiger partial charge in [-0.05, 0) is 68.1 Å². The van der Waals surface area contributed by atoms with Gasteiger partial charge in [-0.1, -0.05) is 18.1 Å². The van der Waals surface area contributed by atoms with Crippen molar-refractivity contribution in [2.75, 3.05) is 17.9 Å². The third-order valence-corrected chi connectivity index (χ3v) is 6.76. The molecule has 2 rings (SSSR count). The van der Waals surface area contributed by atoms with Gasteiger partial charge >= 0.3 is 0 Å². The Bertz CT molecular complexity index is 1010. The quantitative estimate of drug-likeness (QED) is 0.806. The minimum absolute atomic E-state index is 0.231. The fraction of sp³-hybridized carbons (Fsp3) is 0.286. The zero-order chi connectivity index (χ0) is 20.4. The topological polar surface area (TPSA) is 66.5 Å². The number of hydrogen-bond acceptors (Lipinski definition) is 3. The van der Waals surface area contributed by atoms with Gasteiger partial charge in [-0.25, -0.2) is 8.42 Å². The van der Waals surface area contributed by atoms with Crippen LogP contribution < -0.4 is 9.62 Å². The van der Waals surface area contributed by atoms with Gasteiger partial charge in [0.2, 0.25) is 5.91 Å². The van der Waals surface area contributed by atoms with E-state index in [9.17, 15) is 13.2 Å². The maximum absolute atomic E-state index is 13.6. The van der Waals surface area contributed by atoms with E-state index in [1.165, 1.54) is 7.05 Å². The largest absolute Gasteiger partial charge is 0.358 e. The highest BCUT2D eigenvalue weighted by atomic mass is 32.2. The Morgan fingerprint density at radius 3 is 2.22 bits per heavy atom. The molecule has 6 heteroatoms. The predicted octanol–water partition coefficient (Wildman–Crippen LogP) is 2.84. The molecule has 2 aromatic carbocycles. The summed E-state index contributed by atoms with van der Waals surface area (Å²) in [7, 11) is -2.52. The molecule has 2 aromatic rings. The van der Waals surface area contributed by atoms with E-state index in [4.69, 9.17) is 6.42 Å². The van der Waals surface area contributed by atoms with E-state index in [1.807, 2.05) is 19.9 Å². The molecule has 142 valence electrons. The summed E-state index contributed by atoms with van der Waals surface area (Å²) >= 11 is 0. The average molecular weight is 385 g/mol. The van der Waals surface area contributed by atoms with Crippen LogP contribution in [0.2, 0.25) is 0 Å². The van der Waals surface area contributed by atoms with Crippen molar-refractivity contribution in [1.82, 2.24) is 5.32 Å². The van der Waals surface area contributed by atoms with E-state index in [-0.39, 0.29) is 11.4 Å². The monoisotopic (exact) mass is 384 g/mol. The third kappa shape index (κ3) is 3.99. The number of benzene rings is 2. The van der Waals surface area contributed by atoms with Crippen LogP contribution in [-0.2, 0) is 14.8 Å². The Morgan fingerprint density at radius 1 is 1.11 bits per heavy atom. The maximum atomic E-state index is 13.6. The standard InChI is InChI=1S/C21H24N2O3S/c1-7-18-9-8-10-19(12-18)23(13-20(24)22-6)27(25,26)21-16(4)14(2)11-15(3)17(21)5/h1,8-12H,13H2,2-6H3,(H,22,24). The van der Waals surface area contributed by atoms with Gasteiger partial charge in [-0.2, -0.15) is 0 Å². The lowest BCUT2D eigenvalue weighted by Gasteiger charge is -2.26. The number of aryl methyl sites for hydroxylation is 2. The number of hydrogen-bond donors (Lipinski definition) is 1. The minimum Gasteiger partial charge on any atom is -0.358 e. The summed E-state index contributed by atoms with van der Waals surface area (Å²) in [6.45, 7) is 6.99. The van der Waals surface area contributed by atoms with Crippen LogP contribution in [0.15, 0.2) is 35.2 Å². The lowest BCUT2D eigenvalue weighted by atomic mass is 10.0. The zero-order valence-corrected chi connectivity index (χ0v) is 17.1. The summed E-state index contributed by atoms with van der Waals surface area (Å²) in [4.78, 5) is 12.3. The molecule has 0 fully saturated rings. The van der Waals surface area contributed by atoms with Gasteiger partial charge in [0.25, 0.3) is 10.0 Å². The SMILES string of the molecule is C#Cc1cccc(N(CC(=O)NC)S(=O)(=O)c2c(C)c(C)cc(C)c2C)c1. The first-order valence-electron chi connectivity index (χ1n) is 8.50. The molecular formula is C21H24N2O3S. The van der Waals surface area contributed by atoms with Crippen molar-refractivity contribution in [2.45, 2.75) is 32.6 Å². The second kappa shape index (κ2) is 7.85. The first-order valence-corrected chi connectivity index (χ1v) is 9.94. The molecule has 0 aromatic heterocycles. The van der Waals surface area contributed by atoms with Gasteiger partial charge < -0.3 is 5.32 Å². The molecule has 5 nitrogen and oxygen atoms in total. The van der Waals surface area contributed by atoms with Crippen molar-refractivity contribution in [1.29, 1.82) is 0 Å². The molecule has 0 saturated heterocycles. The van der Waals surface area contributed by atoms with E-state index < -0.39 is 15.9 Å². The summed E-state index contributed by atoms with van der Waals surface area (Å²) in [5.74, 6) is 2.09. The predicted molar refractivity (Wildman–Crippen MR) is 108 cm³/mol. The van der Waals surface area contributed by atoms with Crippen molar-refractivity contribution >= 4 is 21.6 Å². The number of anilines is 1. The highest BCUT2D eigenvalue weighted by molar-refractivity contribution is 7.93. The van der Waals surface area contributed by atoms with E-state index in [0.717, 1.165) is 15.4 Å². The van der Waals surface area contributed by atoms with E-state index in [1.54, 1.807) is 38.1 Å². The second-order valence-corrected chi connectivity index (χ2v) is 8.27. The smallest absolute Gasteiger partial charge is 0.265 e. The van der Waals surface area contributed by atoms with Crippen molar-refractivity contribution in [3.63, 3.8) is 0 Å². The molecule has 0 aliphatic carbocycles. The van der Waals surface area contributed by atoms with Crippen LogP contribution in [0.25, 0.3) is 0 Å². The van der Waals surface area contributed by atoms with E-state index in [2.05, 4.69) is 11.2 Å². The third-order valence-electron chi connectivity index (χ3n) is 4.71. The number of amides is 1. The number of sulfonamides is 1. The number of carbonyl (C=O) groups is 1. The Hall–Kier alpha value is -2.78. The van der Waals surface area contributed by atoms with E-state index >= 15 is 0 Å². The molecule has 0 atom stereocenters.